The molecule has 0 atom stereocenters. The number of furan rings is 1. The van der Waals surface area contributed by atoms with Crippen molar-refractivity contribution in [2.24, 2.45) is 7.05 Å². The first kappa shape index (κ1) is 7.30. The Morgan fingerprint density at radius 3 is 3.00 bits per heavy atom. The molecule has 2 aromatic rings. The van der Waals surface area contributed by atoms with Gasteiger partial charge in [0.2, 0.25) is 4.77 Å². The fourth-order valence-electron chi connectivity index (χ4n) is 0.931. The lowest BCUT2D eigenvalue weighted by Crippen LogP contribution is -1.88. The summed E-state index contributed by atoms with van der Waals surface area (Å²) in [6.45, 7) is 0. The van der Waals surface area contributed by atoms with E-state index in [1.165, 1.54) is 0 Å². The van der Waals surface area contributed by atoms with E-state index in [0.717, 1.165) is 11.4 Å². The van der Waals surface area contributed by atoms with Crippen LogP contribution in [-0.4, -0.2) is 14.8 Å². The molecule has 0 aliphatic rings. The molecule has 0 unspecified atom stereocenters. The molecule has 2 rings (SSSR count). The summed E-state index contributed by atoms with van der Waals surface area (Å²) in [5.41, 5.74) is 0.904. The van der Waals surface area contributed by atoms with Crippen LogP contribution in [0.15, 0.2) is 23.0 Å². The highest BCUT2D eigenvalue weighted by atomic mass is 32.1. The maximum Gasteiger partial charge on any atom is 0.216 e. The average Bonchev–Trinajstić information content (AvgIpc) is 2.61. The number of nitrogens with zero attached hydrogens (tertiary/aromatic N) is 2. The molecule has 1 N–H and O–H groups in total. The predicted molar refractivity (Wildman–Crippen MR) is 46.1 cm³/mol. The van der Waals surface area contributed by atoms with Crippen LogP contribution in [0.1, 0.15) is 0 Å². The van der Waals surface area contributed by atoms with Gasteiger partial charge in [-0.3, -0.25) is 9.78 Å². The predicted octanol–water partition coefficient (Wildman–Crippen LogP) is 1.74. The molecule has 0 saturated heterocycles. The number of nitrogens with one attached hydrogen (secondary N) is 1. The number of aromatic amines is 1. The van der Waals surface area contributed by atoms with Gasteiger partial charge >= 0.3 is 0 Å². The Morgan fingerprint density at radius 2 is 2.50 bits per heavy atom. The summed E-state index contributed by atoms with van der Waals surface area (Å²) in [5.74, 6) is 0.733. The highest BCUT2D eigenvalue weighted by molar-refractivity contribution is 7.71. The number of H-pyrrole nitrogens is 1. The van der Waals surface area contributed by atoms with Crippen LogP contribution < -0.4 is 0 Å². The number of aromatic nitrogens is 3. The smallest absolute Gasteiger partial charge is 0.216 e. The molecule has 0 spiro atoms. The molecule has 0 fully saturated rings. The SMILES string of the molecule is Cn1[nH]c(-c2ccoc2)nc1=S. The largest absolute Gasteiger partial charge is 0.472 e. The molecule has 62 valence electrons. The molecule has 0 aliphatic carbocycles. The van der Waals surface area contributed by atoms with Gasteiger partial charge < -0.3 is 4.42 Å². The van der Waals surface area contributed by atoms with Gasteiger partial charge in [-0.05, 0) is 18.3 Å². The number of hydrogen-bond acceptors (Lipinski definition) is 3. The van der Waals surface area contributed by atoms with E-state index >= 15 is 0 Å². The molecule has 0 aromatic carbocycles. The minimum Gasteiger partial charge on any atom is -0.472 e. The first-order valence-electron chi connectivity index (χ1n) is 3.43. The van der Waals surface area contributed by atoms with Crippen LogP contribution >= 0.6 is 12.2 Å². The monoisotopic (exact) mass is 181 g/mol. The van der Waals surface area contributed by atoms with Gasteiger partial charge in [-0.1, -0.05) is 0 Å². The Kier molecular flexibility index (Phi) is 1.58. The molecule has 0 saturated carbocycles. The van der Waals surface area contributed by atoms with Gasteiger partial charge in [0.25, 0.3) is 0 Å². The molecule has 2 heterocycles. The van der Waals surface area contributed by atoms with E-state index < -0.39 is 0 Å². The highest BCUT2D eigenvalue weighted by Gasteiger charge is 2.02. The van der Waals surface area contributed by atoms with Gasteiger partial charge in [-0.2, -0.15) is 4.98 Å². The van der Waals surface area contributed by atoms with Gasteiger partial charge in [0, 0.05) is 7.05 Å². The van der Waals surface area contributed by atoms with Crippen molar-refractivity contribution in [3.63, 3.8) is 0 Å². The zero-order chi connectivity index (χ0) is 8.55. The molecular weight excluding hydrogens is 174 g/mol. The Morgan fingerprint density at radius 1 is 1.67 bits per heavy atom. The molecule has 4 nitrogen and oxygen atoms in total. The van der Waals surface area contributed by atoms with E-state index in [-0.39, 0.29) is 0 Å². The van der Waals surface area contributed by atoms with Crippen molar-refractivity contribution in [3.05, 3.63) is 23.4 Å². The zero-order valence-corrected chi connectivity index (χ0v) is 7.26. The standard InChI is InChI=1S/C7H7N3OS/c1-10-7(12)8-6(9-10)5-2-3-11-4-5/h2-4H,1H3,(H,8,9,12). The molecule has 0 bridgehead atoms. The van der Waals surface area contributed by atoms with Crippen LogP contribution in [0.2, 0.25) is 0 Å². The van der Waals surface area contributed by atoms with Crippen molar-refractivity contribution in [1.82, 2.24) is 14.8 Å². The van der Waals surface area contributed by atoms with E-state index in [2.05, 4.69) is 10.1 Å². The third-order valence-electron chi connectivity index (χ3n) is 1.56. The molecule has 2 aromatic heterocycles. The van der Waals surface area contributed by atoms with Crippen molar-refractivity contribution in [2.75, 3.05) is 0 Å². The lowest BCUT2D eigenvalue weighted by molar-refractivity contribution is 0.568. The third-order valence-corrected chi connectivity index (χ3v) is 1.93. The summed E-state index contributed by atoms with van der Waals surface area (Å²) in [6.07, 6.45) is 3.22. The van der Waals surface area contributed by atoms with Gasteiger partial charge in [0.05, 0.1) is 11.8 Å². The second-order valence-electron chi connectivity index (χ2n) is 2.43. The maximum absolute atomic E-state index is 4.94. The topological polar surface area (TPSA) is 46.8 Å². The van der Waals surface area contributed by atoms with Crippen LogP contribution in [0.5, 0.6) is 0 Å². The lowest BCUT2D eigenvalue weighted by Gasteiger charge is -1.87. The Labute approximate surface area is 73.8 Å². The quantitative estimate of drug-likeness (QED) is 0.681. The van der Waals surface area contributed by atoms with Crippen LogP contribution in [0, 0.1) is 4.77 Å². The minimum absolute atomic E-state index is 0.534. The van der Waals surface area contributed by atoms with E-state index in [0.29, 0.717) is 4.77 Å². The summed E-state index contributed by atoms with van der Waals surface area (Å²) in [5, 5.41) is 2.99. The second-order valence-corrected chi connectivity index (χ2v) is 2.79. The Balaban J connectivity index is 2.56. The molecule has 0 radical (unpaired) electrons. The maximum atomic E-state index is 4.94. The highest BCUT2D eigenvalue weighted by Crippen LogP contribution is 2.13. The van der Waals surface area contributed by atoms with Crippen LogP contribution in [0.3, 0.4) is 0 Å². The van der Waals surface area contributed by atoms with Crippen molar-refractivity contribution in [1.29, 1.82) is 0 Å². The fourth-order valence-corrected chi connectivity index (χ4v) is 1.07. The van der Waals surface area contributed by atoms with E-state index in [1.807, 2.05) is 13.1 Å². The fraction of sp³-hybridized carbons (Fsp3) is 0.143. The second kappa shape index (κ2) is 2.60. The summed E-state index contributed by atoms with van der Waals surface area (Å²) >= 11 is 4.94. The molecule has 0 aliphatic heterocycles. The van der Waals surface area contributed by atoms with Crippen LogP contribution in [-0.2, 0) is 7.05 Å². The van der Waals surface area contributed by atoms with Gasteiger partial charge in [-0.25, -0.2) is 0 Å². The van der Waals surface area contributed by atoms with E-state index in [9.17, 15) is 0 Å². The number of hydrogen-bond donors (Lipinski definition) is 1. The minimum atomic E-state index is 0.534. The van der Waals surface area contributed by atoms with Gasteiger partial charge in [0.15, 0.2) is 5.82 Å². The molecule has 5 heteroatoms. The first-order valence-corrected chi connectivity index (χ1v) is 3.84. The van der Waals surface area contributed by atoms with Crippen LogP contribution in [0.25, 0.3) is 11.4 Å². The van der Waals surface area contributed by atoms with Crippen molar-refractivity contribution < 1.29 is 4.42 Å². The average molecular weight is 181 g/mol. The van der Waals surface area contributed by atoms with Crippen molar-refractivity contribution in [3.8, 4) is 11.4 Å². The van der Waals surface area contributed by atoms with Gasteiger partial charge in [-0.15, -0.1) is 0 Å². The van der Waals surface area contributed by atoms with Crippen molar-refractivity contribution >= 4 is 12.2 Å². The molecular formula is C7H7N3OS. The molecule has 0 amide bonds. The third kappa shape index (κ3) is 1.08. The summed E-state index contributed by atoms with van der Waals surface area (Å²) < 4.78 is 7.13. The van der Waals surface area contributed by atoms with E-state index in [4.69, 9.17) is 16.6 Å². The summed E-state index contributed by atoms with van der Waals surface area (Å²) in [6, 6.07) is 1.83. The zero-order valence-electron chi connectivity index (χ0n) is 6.44. The molecule has 12 heavy (non-hydrogen) atoms. The first-order chi connectivity index (χ1) is 5.77. The Bertz CT molecular complexity index is 426. The Hall–Kier alpha value is -1.36. The summed E-state index contributed by atoms with van der Waals surface area (Å²) in [4.78, 5) is 4.11. The summed E-state index contributed by atoms with van der Waals surface area (Å²) in [7, 11) is 1.82. The lowest BCUT2D eigenvalue weighted by atomic mass is 10.3. The number of aryl methyl sites for hydroxylation is 1. The number of rotatable bonds is 1. The normalized spacial score (nSPS) is 10.4. The van der Waals surface area contributed by atoms with Crippen LogP contribution in [0.4, 0.5) is 0 Å². The van der Waals surface area contributed by atoms with E-state index in [1.54, 1.807) is 17.2 Å². The van der Waals surface area contributed by atoms with Gasteiger partial charge in [0.1, 0.15) is 6.26 Å². The van der Waals surface area contributed by atoms with Crippen molar-refractivity contribution in [2.45, 2.75) is 0 Å².